The number of allylic oxidation sites excluding steroid dienone is 2. The van der Waals surface area contributed by atoms with Gasteiger partial charge in [0.05, 0.1) is 5.92 Å². The molecule has 29 heavy (non-hydrogen) atoms. The second-order valence-corrected chi connectivity index (χ2v) is 9.96. The summed E-state index contributed by atoms with van der Waals surface area (Å²) in [4.78, 5) is 39.1. The van der Waals surface area contributed by atoms with E-state index in [9.17, 15) is 29.7 Å². The first-order valence-corrected chi connectivity index (χ1v) is 9.84. The molecule has 0 aliphatic heterocycles. The molecular weight excluding hydrogens is 372 g/mol. The molecule has 2 aliphatic rings. The highest BCUT2D eigenvalue weighted by atomic mass is 16.3. The van der Waals surface area contributed by atoms with E-state index in [0.29, 0.717) is 5.56 Å². The van der Waals surface area contributed by atoms with Gasteiger partial charge in [-0.25, -0.2) is 0 Å². The Kier molecular flexibility index (Phi) is 5.10. The third kappa shape index (κ3) is 4.07. The number of hydrogen-bond donors (Lipinski definition) is 3. The average Bonchev–Trinajstić information content (AvgIpc) is 2.52. The summed E-state index contributed by atoms with van der Waals surface area (Å²) in [6.07, 6.45) is 0.832. The highest BCUT2D eigenvalue weighted by Gasteiger charge is 2.48. The van der Waals surface area contributed by atoms with Crippen LogP contribution in [-0.4, -0.2) is 32.7 Å². The van der Waals surface area contributed by atoms with Gasteiger partial charge in [-0.1, -0.05) is 33.8 Å². The van der Waals surface area contributed by atoms with Gasteiger partial charge in [0, 0.05) is 37.2 Å². The van der Waals surface area contributed by atoms with E-state index in [2.05, 4.69) is 0 Å². The van der Waals surface area contributed by atoms with Gasteiger partial charge < -0.3 is 15.3 Å². The van der Waals surface area contributed by atoms with E-state index < -0.39 is 28.4 Å². The Labute approximate surface area is 170 Å². The summed E-state index contributed by atoms with van der Waals surface area (Å²) in [6.45, 7) is 7.45. The minimum atomic E-state index is -1.10. The molecule has 3 N–H and O–H groups in total. The van der Waals surface area contributed by atoms with Crippen LogP contribution < -0.4 is 0 Å². The van der Waals surface area contributed by atoms with Gasteiger partial charge in [0.2, 0.25) is 0 Å². The van der Waals surface area contributed by atoms with Crippen molar-refractivity contribution in [3.05, 3.63) is 35.1 Å². The van der Waals surface area contributed by atoms with Crippen LogP contribution in [-0.2, 0) is 14.4 Å². The third-order valence-corrected chi connectivity index (χ3v) is 5.90. The Bertz CT molecular complexity index is 901. The van der Waals surface area contributed by atoms with Gasteiger partial charge in [-0.3, -0.25) is 14.4 Å². The molecule has 6 nitrogen and oxygen atoms in total. The number of carbonyl (C=O) groups excluding carboxylic acids is 3. The maximum absolute atomic E-state index is 13.0. The van der Waals surface area contributed by atoms with Gasteiger partial charge in [0.25, 0.3) is 0 Å². The number of carbonyl (C=O) groups is 3. The summed E-state index contributed by atoms with van der Waals surface area (Å²) >= 11 is 0. The van der Waals surface area contributed by atoms with Gasteiger partial charge in [0.1, 0.15) is 17.3 Å². The van der Waals surface area contributed by atoms with Gasteiger partial charge in [-0.2, -0.15) is 0 Å². The van der Waals surface area contributed by atoms with Gasteiger partial charge in [0.15, 0.2) is 17.3 Å². The average molecular weight is 400 g/mol. The number of Topliss-reactive ketones (excluding diaryl/α,β-unsaturated/α-hetero) is 3. The highest BCUT2D eigenvalue weighted by Crippen LogP contribution is 2.48. The van der Waals surface area contributed by atoms with E-state index in [1.54, 1.807) is 0 Å². The predicted molar refractivity (Wildman–Crippen MR) is 107 cm³/mol. The molecule has 1 aromatic carbocycles. The summed E-state index contributed by atoms with van der Waals surface area (Å²) < 4.78 is 0. The molecule has 2 aliphatic carbocycles. The Morgan fingerprint density at radius 3 is 1.90 bits per heavy atom. The van der Waals surface area contributed by atoms with E-state index in [0.717, 1.165) is 0 Å². The van der Waals surface area contributed by atoms with Crippen LogP contribution in [0.15, 0.2) is 29.5 Å². The number of aliphatic hydroxyl groups is 1. The molecule has 3 rings (SSSR count). The van der Waals surface area contributed by atoms with Crippen LogP contribution in [0, 0.1) is 16.7 Å². The molecule has 6 heteroatoms. The number of ketones is 3. The van der Waals surface area contributed by atoms with E-state index in [1.165, 1.54) is 18.2 Å². The lowest BCUT2D eigenvalue weighted by molar-refractivity contribution is -0.140. The lowest BCUT2D eigenvalue weighted by Crippen LogP contribution is -2.43. The van der Waals surface area contributed by atoms with Crippen LogP contribution in [0.3, 0.4) is 0 Å². The van der Waals surface area contributed by atoms with Crippen LogP contribution in [0.4, 0.5) is 0 Å². The number of rotatable bonds is 3. The predicted octanol–water partition coefficient (Wildman–Crippen LogP) is 3.96. The van der Waals surface area contributed by atoms with Crippen molar-refractivity contribution in [2.75, 3.05) is 0 Å². The number of aromatic hydroxyl groups is 2. The van der Waals surface area contributed by atoms with Crippen LogP contribution in [0.1, 0.15) is 64.9 Å². The first kappa shape index (κ1) is 21.1. The normalized spacial score (nSPS) is 23.4. The zero-order valence-corrected chi connectivity index (χ0v) is 17.3. The zero-order valence-electron chi connectivity index (χ0n) is 17.3. The van der Waals surface area contributed by atoms with Crippen molar-refractivity contribution in [2.45, 2.75) is 59.3 Å². The maximum atomic E-state index is 13.0. The van der Waals surface area contributed by atoms with E-state index in [-0.39, 0.29) is 60.1 Å². The van der Waals surface area contributed by atoms with E-state index in [1.807, 2.05) is 27.7 Å². The minimum Gasteiger partial charge on any atom is -0.512 e. The quantitative estimate of drug-likeness (QED) is 0.523. The third-order valence-electron chi connectivity index (χ3n) is 5.90. The van der Waals surface area contributed by atoms with Gasteiger partial charge in [-0.05, 0) is 28.5 Å². The molecule has 0 radical (unpaired) electrons. The van der Waals surface area contributed by atoms with Gasteiger partial charge in [-0.15, -0.1) is 0 Å². The summed E-state index contributed by atoms with van der Waals surface area (Å²) in [5.41, 5.74) is -0.460. The first-order valence-electron chi connectivity index (χ1n) is 9.84. The van der Waals surface area contributed by atoms with Crippen molar-refractivity contribution in [1.29, 1.82) is 0 Å². The molecule has 156 valence electrons. The SMILES string of the molecule is CC1(C)CC(=O)C([C@H](C2=C(O)CC(C)(C)CC2=O)c2ccc(O)c(O)c2)C(=O)C1. The maximum Gasteiger partial charge on any atom is 0.163 e. The molecular formula is C23H28O6. The topological polar surface area (TPSA) is 112 Å². The molecule has 1 atom stereocenters. The van der Waals surface area contributed by atoms with Crippen molar-refractivity contribution in [2.24, 2.45) is 16.7 Å². The fourth-order valence-electron chi connectivity index (χ4n) is 4.69. The number of aliphatic hydroxyl groups excluding tert-OH is 1. The molecule has 0 unspecified atom stereocenters. The summed E-state index contributed by atoms with van der Waals surface area (Å²) in [7, 11) is 0. The van der Waals surface area contributed by atoms with Crippen molar-refractivity contribution in [1.82, 2.24) is 0 Å². The van der Waals surface area contributed by atoms with Crippen molar-refractivity contribution in [3.8, 4) is 11.5 Å². The smallest absolute Gasteiger partial charge is 0.163 e. The van der Waals surface area contributed by atoms with Crippen molar-refractivity contribution in [3.63, 3.8) is 0 Å². The summed E-state index contributed by atoms with van der Waals surface area (Å²) in [6, 6.07) is 4.00. The fraction of sp³-hybridized carbons (Fsp3) is 0.522. The van der Waals surface area contributed by atoms with E-state index >= 15 is 0 Å². The van der Waals surface area contributed by atoms with Crippen LogP contribution in [0.5, 0.6) is 11.5 Å². The summed E-state index contributed by atoms with van der Waals surface area (Å²) in [5.74, 6) is -3.81. The number of phenolic OH excluding ortho intramolecular Hbond substituents is 2. The molecule has 0 bridgehead atoms. The Balaban J connectivity index is 2.18. The molecule has 1 saturated carbocycles. The second-order valence-electron chi connectivity index (χ2n) is 9.96. The summed E-state index contributed by atoms with van der Waals surface area (Å²) in [5, 5.41) is 30.4. The van der Waals surface area contributed by atoms with Crippen LogP contribution in [0.25, 0.3) is 0 Å². The molecule has 0 spiro atoms. The van der Waals surface area contributed by atoms with Crippen molar-refractivity contribution < 1.29 is 29.7 Å². The number of phenols is 2. The molecule has 0 aromatic heterocycles. The Morgan fingerprint density at radius 2 is 1.38 bits per heavy atom. The molecule has 1 fully saturated rings. The van der Waals surface area contributed by atoms with Crippen LogP contribution >= 0.6 is 0 Å². The molecule has 0 amide bonds. The first-order chi connectivity index (χ1) is 13.3. The largest absolute Gasteiger partial charge is 0.512 e. The lowest BCUT2D eigenvalue weighted by Gasteiger charge is -2.39. The monoisotopic (exact) mass is 400 g/mol. The van der Waals surface area contributed by atoms with Gasteiger partial charge >= 0.3 is 0 Å². The number of benzene rings is 1. The molecule has 0 heterocycles. The minimum absolute atomic E-state index is 0.0702. The Morgan fingerprint density at radius 1 is 0.828 bits per heavy atom. The highest BCUT2D eigenvalue weighted by molar-refractivity contribution is 6.09. The zero-order chi connectivity index (χ0) is 21.7. The lowest BCUT2D eigenvalue weighted by atomic mass is 9.62. The standard InChI is InChI=1S/C23H28O6/c1-22(2)8-15(26)20(16(27)9-22)19(12-5-6-13(24)14(25)7-12)21-17(28)10-23(3,4)11-18(21)29/h5-7,19-20,24-25,28H,8-11H2,1-4H3/t19-/m1/s1. The van der Waals surface area contributed by atoms with E-state index in [4.69, 9.17) is 0 Å². The Hall–Kier alpha value is -2.63. The van der Waals surface area contributed by atoms with Crippen LogP contribution in [0.2, 0.25) is 0 Å². The second kappa shape index (κ2) is 7.01. The fourth-order valence-corrected chi connectivity index (χ4v) is 4.69. The number of hydrogen-bond acceptors (Lipinski definition) is 6. The van der Waals surface area contributed by atoms with Crippen molar-refractivity contribution >= 4 is 17.3 Å². The molecule has 1 aromatic rings. The molecule has 0 saturated heterocycles.